The summed E-state index contributed by atoms with van der Waals surface area (Å²) in [6, 6.07) is -0.715. The van der Waals surface area contributed by atoms with Gasteiger partial charge in [0.15, 0.2) is 6.29 Å². The Morgan fingerprint density at radius 1 is 0.773 bits per heavy atom. The average molecular weight is 628 g/mol. The van der Waals surface area contributed by atoms with Gasteiger partial charge in [0.25, 0.3) is 0 Å². The number of hydrogen-bond donors (Lipinski definition) is 6. The van der Waals surface area contributed by atoms with Crippen LogP contribution in [0.2, 0.25) is 0 Å². The monoisotopic (exact) mass is 627 g/mol. The van der Waals surface area contributed by atoms with Crippen LogP contribution in [0.15, 0.2) is 24.3 Å². The van der Waals surface area contributed by atoms with Crippen molar-refractivity contribution in [3.63, 3.8) is 0 Å². The molecule has 0 radical (unpaired) electrons. The van der Waals surface area contributed by atoms with E-state index >= 15 is 0 Å². The minimum atomic E-state index is -1.55. The van der Waals surface area contributed by atoms with Crippen LogP contribution < -0.4 is 5.32 Å². The van der Waals surface area contributed by atoms with Gasteiger partial charge < -0.3 is 40.3 Å². The predicted octanol–water partition coefficient (Wildman–Crippen LogP) is 5.21. The molecule has 9 heteroatoms. The van der Waals surface area contributed by atoms with E-state index in [0.29, 0.717) is 12.8 Å². The topological polar surface area (TPSA) is 149 Å². The van der Waals surface area contributed by atoms with Crippen molar-refractivity contribution in [2.45, 2.75) is 179 Å². The summed E-state index contributed by atoms with van der Waals surface area (Å²) in [7, 11) is 0. The van der Waals surface area contributed by atoms with Gasteiger partial charge in [-0.1, -0.05) is 109 Å². The molecule has 0 spiro atoms. The molecule has 0 aliphatic carbocycles. The van der Waals surface area contributed by atoms with Crippen molar-refractivity contribution in [1.29, 1.82) is 0 Å². The highest BCUT2D eigenvalue weighted by Gasteiger charge is 2.44. The van der Waals surface area contributed by atoms with Gasteiger partial charge in [0.2, 0.25) is 5.91 Å². The summed E-state index contributed by atoms with van der Waals surface area (Å²) in [5.41, 5.74) is 0. The lowest BCUT2D eigenvalue weighted by Gasteiger charge is -2.40. The van der Waals surface area contributed by atoms with Crippen LogP contribution in [-0.2, 0) is 14.3 Å². The summed E-state index contributed by atoms with van der Waals surface area (Å²) in [6.07, 6.45) is 21.0. The summed E-state index contributed by atoms with van der Waals surface area (Å²) >= 11 is 0. The molecule has 1 rings (SSSR count). The van der Waals surface area contributed by atoms with E-state index < -0.39 is 49.5 Å². The van der Waals surface area contributed by atoms with Gasteiger partial charge in [0.05, 0.1) is 25.4 Å². The number of amides is 1. The van der Waals surface area contributed by atoms with Crippen molar-refractivity contribution in [1.82, 2.24) is 5.32 Å². The normalized spacial score (nSPS) is 23.8. The Kier molecular flexibility index (Phi) is 24.8. The van der Waals surface area contributed by atoms with Crippen LogP contribution in [0.1, 0.15) is 136 Å². The van der Waals surface area contributed by atoms with Crippen molar-refractivity contribution in [2.24, 2.45) is 0 Å². The van der Waals surface area contributed by atoms with E-state index in [1.165, 1.54) is 44.9 Å². The van der Waals surface area contributed by atoms with Crippen LogP contribution in [0.4, 0.5) is 0 Å². The van der Waals surface area contributed by atoms with Gasteiger partial charge in [0, 0.05) is 6.42 Å². The van der Waals surface area contributed by atoms with Crippen LogP contribution in [0.3, 0.4) is 0 Å². The number of nitrogens with one attached hydrogen (secondary N) is 1. The number of carbonyl (C=O) groups is 1. The molecule has 0 aromatic heterocycles. The molecule has 1 aliphatic rings. The fourth-order valence-electron chi connectivity index (χ4n) is 5.36. The highest BCUT2D eigenvalue weighted by Crippen LogP contribution is 2.22. The molecule has 6 N–H and O–H groups in total. The zero-order valence-corrected chi connectivity index (χ0v) is 27.7. The fourth-order valence-corrected chi connectivity index (χ4v) is 5.36. The Hall–Kier alpha value is -1.33. The van der Waals surface area contributed by atoms with E-state index in [0.717, 1.165) is 64.2 Å². The van der Waals surface area contributed by atoms with E-state index in [-0.39, 0.29) is 12.5 Å². The second kappa shape index (κ2) is 26.8. The smallest absolute Gasteiger partial charge is 0.220 e. The maximum Gasteiger partial charge on any atom is 0.220 e. The molecule has 1 saturated heterocycles. The number of rotatable bonds is 27. The fraction of sp³-hybridized carbons (Fsp3) is 0.857. The summed E-state index contributed by atoms with van der Waals surface area (Å²) in [4.78, 5) is 12.7. The van der Waals surface area contributed by atoms with Crippen molar-refractivity contribution >= 4 is 5.91 Å². The molecule has 0 saturated carbocycles. The summed E-state index contributed by atoms with van der Waals surface area (Å²) in [6.45, 7) is 3.64. The third-order valence-electron chi connectivity index (χ3n) is 8.31. The van der Waals surface area contributed by atoms with Gasteiger partial charge in [-0.05, 0) is 44.9 Å². The summed E-state index contributed by atoms with van der Waals surface area (Å²) < 4.78 is 11.1. The number of unbranched alkanes of at least 4 members (excludes halogenated alkanes) is 13. The highest BCUT2D eigenvalue weighted by atomic mass is 16.7. The second-order valence-corrected chi connectivity index (χ2v) is 12.3. The number of carbonyl (C=O) groups excluding carboxylic acids is 1. The van der Waals surface area contributed by atoms with Gasteiger partial charge in [0.1, 0.15) is 24.4 Å². The number of ether oxygens (including phenoxy) is 2. The first-order valence-corrected chi connectivity index (χ1v) is 17.5. The van der Waals surface area contributed by atoms with Crippen LogP contribution >= 0.6 is 0 Å². The summed E-state index contributed by atoms with van der Waals surface area (Å²) in [5.74, 6) is -0.164. The summed E-state index contributed by atoms with van der Waals surface area (Å²) in [5, 5.41) is 53.4. The molecule has 1 aliphatic heterocycles. The number of allylic oxidation sites excluding steroid dienone is 4. The molecular weight excluding hydrogens is 562 g/mol. The van der Waals surface area contributed by atoms with Crippen molar-refractivity contribution < 1.29 is 39.8 Å². The van der Waals surface area contributed by atoms with Gasteiger partial charge in [-0.15, -0.1) is 0 Å². The molecule has 1 fully saturated rings. The Morgan fingerprint density at radius 2 is 1.34 bits per heavy atom. The van der Waals surface area contributed by atoms with Gasteiger partial charge in [-0.2, -0.15) is 0 Å². The molecule has 0 bridgehead atoms. The first-order chi connectivity index (χ1) is 21.3. The Morgan fingerprint density at radius 3 is 1.98 bits per heavy atom. The van der Waals surface area contributed by atoms with E-state index in [1.54, 1.807) is 0 Å². The zero-order chi connectivity index (χ0) is 32.4. The van der Waals surface area contributed by atoms with E-state index in [1.807, 2.05) is 0 Å². The molecule has 258 valence electrons. The largest absolute Gasteiger partial charge is 0.394 e. The molecular formula is C35H65NO8. The van der Waals surface area contributed by atoms with Gasteiger partial charge in [-0.25, -0.2) is 0 Å². The second-order valence-electron chi connectivity index (χ2n) is 12.3. The van der Waals surface area contributed by atoms with Crippen molar-refractivity contribution in [3.8, 4) is 0 Å². The lowest BCUT2D eigenvalue weighted by atomic mass is 9.99. The quantitative estimate of drug-likeness (QED) is 0.0537. The Balaban J connectivity index is 2.31. The highest BCUT2D eigenvalue weighted by molar-refractivity contribution is 5.76. The third kappa shape index (κ3) is 18.6. The first-order valence-electron chi connectivity index (χ1n) is 17.5. The zero-order valence-electron chi connectivity index (χ0n) is 27.7. The van der Waals surface area contributed by atoms with Crippen LogP contribution in [0.25, 0.3) is 0 Å². The van der Waals surface area contributed by atoms with Gasteiger partial charge in [-0.3, -0.25) is 4.79 Å². The van der Waals surface area contributed by atoms with Crippen LogP contribution in [0.5, 0.6) is 0 Å². The van der Waals surface area contributed by atoms with Gasteiger partial charge >= 0.3 is 0 Å². The predicted molar refractivity (Wildman–Crippen MR) is 175 cm³/mol. The molecule has 44 heavy (non-hydrogen) atoms. The molecule has 7 atom stereocenters. The van der Waals surface area contributed by atoms with Crippen molar-refractivity contribution in [3.05, 3.63) is 24.3 Å². The van der Waals surface area contributed by atoms with Crippen LogP contribution in [0, 0.1) is 0 Å². The maximum absolute atomic E-state index is 12.7. The molecule has 1 amide bonds. The molecule has 1 heterocycles. The SMILES string of the molecule is CCCCC/C=C\C/C=C\CCCCCCCCCC(=O)NC(COC1OC(CO)C(O)C(O)C1O)C(O)CCCCCC. The lowest BCUT2D eigenvalue weighted by Crippen LogP contribution is -2.60. The molecule has 0 aromatic rings. The minimum absolute atomic E-state index is 0.145. The van der Waals surface area contributed by atoms with Crippen LogP contribution in [-0.4, -0.2) is 87.5 Å². The Labute approximate surface area is 267 Å². The van der Waals surface area contributed by atoms with E-state index in [9.17, 15) is 30.3 Å². The average Bonchev–Trinajstić information content (AvgIpc) is 3.02. The maximum atomic E-state index is 12.7. The third-order valence-corrected chi connectivity index (χ3v) is 8.31. The minimum Gasteiger partial charge on any atom is -0.394 e. The number of aliphatic hydroxyl groups excluding tert-OH is 5. The molecule has 0 aromatic carbocycles. The standard InChI is InChI=1S/C35H65NO8/c1-3-5-7-9-10-11-12-13-14-15-16-17-18-19-20-21-23-25-31(39)36-28(29(38)24-22-8-6-4-2)27-43-35-34(42)33(41)32(40)30(26-37)44-35/h10-11,13-14,28-30,32-35,37-38,40-42H,3-9,12,15-27H2,1-2H3,(H,36,39)/b11-10-,14-13-. The Bertz CT molecular complexity index is 746. The molecule has 7 unspecified atom stereocenters. The first kappa shape index (κ1) is 40.7. The molecule has 9 nitrogen and oxygen atoms in total. The van der Waals surface area contributed by atoms with E-state index in [4.69, 9.17) is 9.47 Å². The number of aliphatic hydroxyl groups is 5. The lowest BCUT2D eigenvalue weighted by molar-refractivity contribution is -0.302. The number of hydrogen-bond acceptors (Lipinski definition) is 8. The van der Waals surface area contributed by atoms with Crippen molar-refractivity contribution in [2.75, 3.05) is 13.2 Å². The van der Waals surface area contributed by atoms with E-state index in [2.05, 4.69) is 43.5 Å².